The topological polar surface area (TPSA) is 46.3 Å². The van der Waals surface area contributed by atoms with Crippen LogP contribution in [0.1, 0.15) is 12.5 Å². The van der Waals surface area contributed by atoms with Gasteiger partial charge in [0.25, 0.3) is 5.91 Å². The van der Waals surface area contributed by atoms with Crippen LogP contribution in [-0.4, -0.2) is 12.5 Å². The van der Waals surface area contributed by atoms with Crippen molar-refractivity contribution in [1.82, 2.24) is 0 Å². The fraction of sp³-hybridized carbons (Fsp3) is 0.118. The highest BCUT2D eigenvalue weighted by Crippen LogP contribution is 2.16. The monoisotopic (exact) mass is 284 g/mol. The van der Waals surface area contributed by atoms with Gasteiger partial charge in [0.2, 0.25) is 0 Å². The molecule has 2 aromatic rings. The average molecular weight is 284 g/mol. The van der Waals surface area contributed by atoms with Gasteiger partial charge in [0.05, 0.1) is 5.69 Å². The standard InChI is InChI=1S/C17H17FN2O/c1-2-20(14-6-4-3-5-7-14)17(21)11-9-13-8-10-15(18)16(19)12-13/h3-12H,2,19H2,1H3/b11-9+. The number of hydrogen-bond donors (Lipinski definition) is 1. The van der Waals surface area contributed by atoms with E-state index in [1.807, 2.05) is 37.3 Å². The van der Waals surface area contributed by atoms with Crippen molar-refractivity contribution in [2.24, 2.45) is 0 Å². The van der Waals surface area contributed by atoms with E-state index in [2.05, 4.69) is 0 Å². The van der Waals surface area contributed by atoms with Gasteiger partial charge in [0.15, 0.2) is 0 Å². The molecular weight excluding hydrogens is 267 g/mol. The third-order valence-corrected chi connectivity index (χ3v) is 3.09. The first-order valence-electron chi connectivity index (χ1n) is 6.71. The number of nitrogens with two attached hydrogens (primary N) is 1. The first kappa shape index (κ1) is 14.8. The fourth-order valence-electron chi connectivity index (χ4n) is 2.00. The highest BCUT2D eigenvalue weighted by molar-refractivity contribution is 6.03. The number of benzene rings is 2. The summed E-state index contributed by atoms with van der Waals surface area (Å²) in [5, 5.41) is 0. The van der Waals surface area contributed by atoms with Crippen molar-refractivity contribution in [2.45, 2.75) is 6.92 Å². The summed E-state index contributed by atoms with van der Waals surface area (Å²) in [6, 6.07) is 13.8. The number of carbonyl (C=O) groups excluding carboxylic acids is 1. The van der Waals surface area contributed by atoms with Gasteiger partial charge in [-0.05, 0) is 42.8 Å². The Morgan fingerprint density at radius 1 is 1.24 bits per heavy atom. The Labute approximate surface area is 123 Å². The largest absolute Gasteiger partial charge is 0.396 e. The van der Waals surface area contributed by atoms with Crippen LogP contribution in [-0.2, 0) is 4.79 Å². The normalized spacial score (nSPS) is 10.8. The molecule has 0 aliphatic rings. The lowest BCUT2D eigenvalue weighted by molar-refractivity contribution is -0.114. The second kappa shape index (κ2) is 6.70. The zero-order chi connectivity index (χ0) is 15.2. The van der Waals surface area contributed by atoms with Gasteiger partial charge in [-0.1, -0.05) is 24.3 Å². The Balaban J connectivity index is 2.15. The van der Waals surface area contributed by atoms with Crippen LogP contribution in [0.25, 0.3) is 6.08 Å². The van der Waals surface area contributed by atoms with Crippen LogP contribution < -0.4 is 10.6 Å². The highest BCUT2D eigenvalue weighted by atomic mass is 19.1. The minimum Gasteiger partial charge on any atom is -0.396 e. The van der Waals surface area contributed by atoms with E-state index in [4.69, 9.17) is 5.73 Å². The molecule has 0 aliphatic heterocycles. The third kappa shape index (κ3) is 3.69. The van der Waals surface area contributed by atoms with Crippen molar-refractivity contribution in [2.75, 3.05) is 17.2 Å². The summed E-state index contributed by atoms with van der Waals surface area (Å²) in [6.07, 6.45) is 3.09. The van der Waals surface area contributed by atoms with Gasteiger partial charge >= 0.3 is 0 Å². The lowest BCUT2D eigenvalue weighted by Gasteiger charge is -2.19. The molecular formula is C17H17FN2O. The number of nitrogen functional groups attached to an aromatic ring is 1. The van der Waals surface area contributed by atoms with Crippen LogP contribution in [0.2, 0.25) is 0 Å². The van der Waals surface area contributed by atoms with Crippen molar-refractivity contribution < 1.29 is 9.18 Å². The maximum absolute atomic E-state index is 13.1. The van der Waals surface area contributed by atoms with Crippen LogP contribution in [0.4, 0.5) is 15.8 Å². The molecule has 0 aromatic heterocycles. The Kier molecular flexibility index (Phi) is 4.72. The molecule has 2 rings (SSSR count). The number of hydrogen-bond acceptors (Lipinski definition) is 2. The van der Waals surface area contributed by atoms with E-state index in [9.17, 15) is 9.18 Å². The molecule has 0 unspecified atom stereocenters. The van der Waals surface area contributed by atoms with E-state index in [-0.39, 0.29) is 11.6 Å². The van der Waals surface area contributed by atoms with Crippen molar-refractivity contribution in [3.8, 4) is 0 Å². The molecule has 1 amide bonds. The summed E-state index contributed by atoms with van der Waals surface area (Å²) in [5.74, 6) is -0.593. The number of likely N-dealkylation sites (N-methyl/N-ethyl adjacent to an activating group) is 1. The molecule has 3 nitrogen and oxygen atoms in total. The van der Waals surface area contributed by atoms with Crippen LogP contribution in [0, 0.1) is 5.82 Å². The van der Waals surface area contributed by atoms with Crippen molar-refractivity contribution in [3.63, 3.8) is 0 Å². The first-order chi connectivity index (χ1) is 10.1. The van der Waals surface area contributed by atoms with E-state index in [0.717, 1.165) is 5.69 Å². The molecule has 0 saturated heterocycles. The van der Waals surface area contributed by atoms with Gasteiger partial charge in [-0.2, -0.15) is 0 Å². The molecule has 0 heterocycles. The summed E-state index contributed by atoms with van der Waals surface area (Å²) in [4.78, 5) is 13.9. The summed E-state index contributed by atoms with van der Waals surface area (Å²) in [5.41, 5.74) is 7.10. The maximum Gasteiger partial charge on any atom is 0.250 e. The van der Waals surface area contributed by atoms with Crippen LogP contribution in [0.15, 0.2) is 54.6 Å². The summed E-state index contributed by atoms with van der Waals surface area (Å²) >= 11 is 0. The molecule has 2 aromatic carbocycles. The number of para-hydroxylation sites is 1. The lowest BCUT2D eigenvalue weighted by Crippen LogP contribution is -2.28. The van der Waals surface area contributed by atoms with Gasteiger partial charge in [0.1, 0.15) is 5.82 Å². The van der Waals surface area contributed by atoms with Crippen LogP contribution in [0.3, 0.4) is 0 Å². The van der Waals surface area contributed by atoms with Crippen LogP contribution >= 0.6 is 0 Å². The van der Waals surface area contributed by atoms with Gasteiger partial charge in [-0.3, -0.25) is 4.79 Å². The summed E-state index contributed by atoms with van der Waals surface area (Å²) in [6.45, 7) is 2.48. The molecule has 0 fully saturated rings. The number of carbonyl (C=O) groups is 1. The smallest absolute Gasteiger partial charge is 0.250 e. The first-order valence-corrected chi connectivity index (χ1v) is 6.71. The Bertz CT molecular complexity index is 653. The SMILES string of the molecule is CCN(C(=O)/C=C/c1ccc(F)c(N)c1)c1ccccc1. The van der Waals surface area contributed by atoms with Crippen molar-refractivity contribution in [3.05, 3.63) is 66.0 Å². The van der Waals surface area contributed by atoms with E-state index in [0.29, 0.717) is 12.1 Å². The molecule has 0 bridgehead atoms. The minimum absolute atomic E-state index is 0.0695. The van der Waals surface area contributed by atoms with E-state index in [1.54, 1.807) is 17.0 Å². The van der Waals surface area contributed by atoms with Crippen molar-refractivity contribution in [1.29, 1.82) is 0 Å². The Morgan fingerprint density at radius 2 is 1.95 bits per heavy atom. The Morgan fingerprint density at radius 3 is 2.57 bits per heavy atom. The average Bonchev–Trinajstić information content (AvgIpc) is 2.50. The molecule has 0 saturated carbocycles. The van der Waals surface area contributed by atoms with Gasteiger partial charge in [-0.15, -0.1) is 0 Å². The quantitative estimate of drug-likeness (QED) is 0.690. The molecule has 0 aliphatic carbocycles. The number of anilines is 2. The van der Waals surface area contributed by atoms with Crippen LogP contribution in [0.5, 0.6) is 0 Å². The van der Waals surface area contributed by atoms with E-state index >= 15 is 0 Å². The Hall–Kier alpha value is -2.62. The summed E-state index contributed by atoms with van der Waals surface area (Å²) < 4.78 is 13.1. The molecule has 108 valence electrons. The molecule has 2 N–H and O–H groups in total. The zero-order valence-electron chi connectivity index (χ0n) is 11.8. The number of nitrogens with zero attached hydrogens (tertiary/aromatic N) is 1. The lowest BCUT2D eigenvalue weighted by atomic mass is 10.2. The van der Waals surface area contributed by atoms with Gasteiger partial charge in [0, 0.05) is 18.3 Å². The number of halogens is 1. The molecule has 0 atom stereocenters. The second-order valence-electron chi connectivity index (χ2n) is 4.53. The van der Waals surface area contributed by atoms with Gasteiger partial charge < -0.3 is 10.6 Å². The highest BCUT2D eigenvalue weighted by Gasteiger charge is 2.10. The number of amides is 1. The van der Waals surface area contributed by atoms with E-state index < -0.39 is 5.82 Å². The maximum atomic E-state index is 13.1. The fourth-order valence-corrected chi connectivity index (χ4v) is 2.00. The second-order valence-corrected chi connectivity index (χ2v) is 4.53. The third-order valence-electron chi connectivity index (χ3n) is 3.09. The zero-order valence-corrected chi connectivity index (χ0v) is 11.8. The molecule has 21 heavy (non-hydrogen) atoms. The molecule has 0 spiro atoms. The van der Waals surface area contributed by atoms with Crippen molar-refractivity contribution >= 4 is 23.4 Å². The molecule has 0 radical (unpaired) electrons. The predicted molar refractivity (Wildman–Crippen MR) is 84.3 cm³/mol. The molecule has 4 heteroatoms. The minimum atomic E-state index is -0.460. The van der Waals surface area contributed by atoms with E-state index in [1.165, 1.54) is 18.2 Å². The number of rotatable bonds is 4. The summed E-state index contributed by atoms with van der Waals surface area (Å²) in [7, 11) is 0. The predicted octanol–water partition coefficient (Wildman–Crippen LogP) is 3.47. The van der Waals surface area contributed by atoms with Gasteiger partial charge in [-0.25, -0.2) is 4.39 Å².